The van der Waals surface area contributed by atoms with Gasteiger partial charge in [-0.3, -0.25) is 20.3 Å². The van der Waals surface area contributed by atoms with Gasteiger partial charge in [-0.1, -0.05) is 12.1 Å². The standard InChI is InChI=1S/C22H20N4O7S/c1-3-32-20(27)10-15-13-34-22(24-15)25-23-12-14-5-4-6-17(9-14)33-19-8-7-16(26(29)30)11-18(19)21(28)31-2/h4-9,11-13H,3,10H2,1-2H3,(H,24,25). The van der Waals surface area contributed by atoms with E-state index in [1.54, 1.807) is 36.6 Å². The molecule has 34 heavy (non-hydrogen) atoms. The summed E-state index contributed by atoms with van der Waals surface area (Å²) in [6.45, 7) is 2.06. The van der Waals surface area contributed by atoms with Crippen molar-refractivity contribution in [3.63, 3.8) is 0 Å². The highest BCUT2D eigenvalue weighted by Crippen LogP contribution is 2.29. The number of carbonyl (C=O) groups is 2. The number of carbonyl (C=O) groups excluding carboxylic acids is 2. The molecule has 0 aliphatic carbocycles. The molecule has 1 N–H and O–H groups in total. The summed E-state index contributed by atoms with van der Waals surface area (Å²) in [6.07, 6.45) is 1.63. The summed E-state index contributed by atoms with van der Waals surface area (Å²) in [7, 11) is 1.18. The number of hydrogen-bond donors (Lipinski definition) is 1. The van der Waals surface area contributed by atoms with Crippen molar-refractivity contribution in [2.75, 3.05) is 19.1 Å². The first-order valence-electron chi connectivity index (χ1n) is 9.93. The summed E-state index contributed by atoms with van der Waals surface area (Å²) in [5.74, 6) is -0.607. The molecule has 0 unspecified atom stereocenters. The Balaban J connectivity index is 1.68. The average molecular weight is 484 g/mol. The Morgan fingerprint density at radius 2 is 2.09 bits per heavy atom. The highest BCUT2D eigenvalue weighted by atomic mass is 32.1. The molecule has 0 saturated heterocycles. The van der Waals surface area contributed by atoms with E-state index in [9.17, 15) is 19.7 Å². The number of nitro benzene ring substituents is 1. The van der Waals surface area contributed by atoms with Gasteiger partial charge < -0.3 is 14.2 Å². The zero-order valence-corrected chi connectivity index (χ0v) is 19.0. The van der Waals surface area contributed by atoms with Crippen molar-refractivity contribution < 1.29 is 28.7 Å². The number of nitrogens with one attached hydrogen (secondary N) is 1. The highest BCUT2D eigenvalue weighted by Gasteiger charge is 2.19. The van der Waals surface area contributed by atoms with Crippen LogP contribution >= 0.6 is 11.3 Å². The van der Waals surface area contributed by atoms with Gasteiger partial charge in [-0.25, -0.2) is 9.78 Å². The van der Waals surface area contributed by atoms with Gasteiger partial charge in [0.15, 0.2) is 0 Å². The van der Waals surface area contributed by atoms with Gasteiger partial charge in [0, 0.05) is 17.5 Å². The maximum Gasteiger partial charge on any atom is 0.341 e. The third-order valence-corrected chi connectivity index (χ3v) is 5.02. The topological polar surface area (TPSA) is 142 Å². The van der Waals surface area contributed by atoms with Crippen molar-refractivity contribution in [1.29, 1.82) is 0 Å². The number of rotatable bonds is 10. The van der Waals surface area contributed by atoms with Gasteiger partial charge in [-0.05, 0) is 30.7 Å². The molecule has 3 aromatic rings. The Labute approximate surface area is 198 Å². The molecular weight excluding hydrogens is 464 g/mol. The number of nitro groups is 1. The molecule has 0 aliphatic heterocycles. The fourth-order valence-corrected chi connectivity index (χ4v) is 3.40. The van der Waals surface area contributed by atoms with Gasteiger partial charge in [0.2, 0.25) is 5.13 Å². The van der Waals surface area contributed by atoms with E-state index < -0.39 is 10.9 Å². The molecule has 12 heteroatoms. The van der Waals surface area contributed by atoms with Crippen LogP contribution in [0.25, 0.3) is 0 Å². The molecule has 0 bridgehead atoms. The number of thiazole rings is 1. The number of methoxy groups -OCH3 is 1. The summed E-state index contributed by atoms with van der Waals surface area (Å²) in [4.78, 5) is 38.3. The molecule has 3 rings (SSSR count). The first-order valence-corrected chi connectivity index (χ1v) is 10.8. The quantitative estimate of drug-likeness (QED) is 0.194. The van der Waals surface area contributed by atoms with Crippen LogP contribution in [0.15, 0.2) is 52.9 Å². The van der Waals surface area contributed by atoms with Crippen LogP contribution in [-0.2, 0) is 20.7 Å². The van der Waals surface area contributed by atoms with Crippen LogP contribution in [0.2, 0.25) is 0 Å². The maximum absolute atomic E-state index is 12.1. The second kappa shape index (κ2) is 11.5. The molecule has 2 aromatic carbocycles. The van der Waals surface area contributed by atoms with Crippen LogP contribution in [0, 0.1) is 10.1 Å². The number of benzene rings is 2. The Kier molecular flexibility index (Phi) is 8.24. The zero-order chi connectivity index (χ0) is 24.5. The number of anilines is 1. The Morgan fingerprint density at radius 3 is 2.82 bits per heavy atom. The molecule has 0 spiro atoms. The summed E-state index contributed by atoms with van der Waals surface area (Å²) in [6, 6.07) is 10.5. The van der Waals surface area contributed by atoms with Crippen LogP contribution in [0.5, 0.6) is 11.5 Å². The summed E-state index contributed by atoms with van der Waals surface area (Å²) >= 11 is 1.30. The molecule has 0 atom stereocenters. The molecule has 11 nitrogen and oxygen atoms in total. The number of ether oxygens (including phenoxy) is 3. The number of hydrazone groups is 1. The largest absolute Gasteiger partial charge is 0.466 e. The fraction of sp³-hybridized carbons (Fsp3) is 0.182. The molecule has 0 aliphatic rings. The van der Waals surface area contributed by atoms with Gasteiger partial charge in [0.1, 0.15) is 17.1 Å². The monoisotopic (exact) mass is 484 g/mol. The lowest BCUT2D eigenvalue weighted by Gasteiger charge is -2.10. The van der Waals surface area contributed by atoms with Crippen LogP contribution in [0.1, 0.15) is 28.5 Å². The van der Waals surface area contributed by atoms with Gasteiger partial charge in [-0.2, -0.15) is 5.10 Å². The van der Waals surface area contributed by atoms with Crippen LogP contribution in [-0.4, -0.2) is 41.8 Å². The molecule has 1 aromatic heterocycles. The highest BCUT2D eigenvalue weighted by molar-refractivity contribution is 7.13. The van der Waals surface area contributed by atoms with E-state index in [1.807, 2.05) is 0 Å². The van der Waals surface area contributed by atoms with E-state index in [4.69, 9.17) is 14.2 Å². The van der Waals surface area contributed by atoms with Gasteiger partial charge in [0.05, 0.1) is 37.0 Å². The Morgan fingerprint density at radius 1 is 1.26 bits per heavy atom. The minimum absolute atomic E-state index is 0.0696. The van der Waals surface area contributed by atoms with E-state index in [0.29, 0.717) is 28.7 Å². The normalized spacial score (nSPS) is 10.6. The van der Waals surface area contributed by atoms with Gasteiger partial charge in [-0.15, -0.1) is 11.3 Å². The van der Waals surface area contributed by atoms with Crippen molar-refractivity contribution in [3.8, 4) is 11.5 Å². The van der Waals surface area contributed by atoms with Gasteiger partial charge in [0.25, 0.3) is 5.69 Å². The van der Waals surface area contributed by atoms with E-state index in [1.165, 1.54) is 36.8 Å². The van der Waals surface area contributed by atoms with E-state index in [0.717, 1.165) is 6.07 Å². The average Bonchev–Trinajstić information content (AvgIpc) is 3.26. The third kappa shape index (κ3) is 6.59. The number of hydrogen-bond acceptors (Lipinski definition) is 11. The molecule has 0 radical (unpaired) electrons. The number of esters is 2. The predicted molar refractivity (Wildman–Crippen MR) is 125 cm³/mol. The van der Waals surface area contributed by atoms with E-state index in [2.05, 4.69) is 15.5 Å². The second-order valence-corrected chi connectivity index (χ2v) is 7.46. The SMILES string of the molecule is CCOC(=O)Cc1csc(NN=Cc2cccc(Oc3ccc([N+](=O)[O-])cc3C(=O)OC)c2)n1. The predicted octanol–water partition coefficient (Wildman–Crippen LogP) is 4.18. The van der Waals surface area contributed by atoms with Crippen LogP contribution in [0.4, 0.5) is 10.8 Å². The fourth-order valence-electron chi connectivity index (χ4n) is 2.74. The lowest BCUT2D eigenvalue weighted by molar-refractivity contribution is -0.384. The Hall–Kier alpha value is -4.32. The lowest BCUT2D eigenvalue weighted by Crippen LogP contribution is -2.07. The summed E-state index contributed by atoms with van der Waals surface area (Å²) in [5.41, 5.74) is 3.73. The molecule has 1 heterocycles. The number of nitrogens with zero attached hydrogens (tertiary/aromatic N) is 3. The first-order chi connectivity index (χ1) is 16.4. The lowest BCUT2D eigenvalue weighted by atomic mass is 10.1. The van der Waals surface area contributed by atoms with Crippen molar-refractivity contribution in [2.24, 2.45) is 5.10 Å². The molecule has 0 fully saturated rings. The van der Waals surface area contributed by atoms with Crippen molar-refractivity contribution in [2.45, 2.75) is 13.3 Å². The van der Waals surface area contributed by atoms with Gasteiger partial charge >= 0.3 is 11.9 Å². The zero-order valence-electron chi connectivity index (χ0n) is 18.2. The van der Waals surface area contributed by atoms with Crippen molar-refractivity contribution in [3.05, 3.63) is 74.8 Å². The second-order valence-electron chi connectivity index (χ2n) is 6.60. The molecule has 176 valence electrons. The summed E-state index contributed by atoms with van der Waals surface area (Å²) in [5, 5.41) is 17.4. The van der Waals surface area contributed by atoms with Crippen molar-refractivity contribution >= 4 is 40.3 Å². The van der Waals surface area contributed by atoms with Crippen LogP contribution in [0.3, 0.4) is 0 Å². The molecular formula is C22H20N4O7S. The molecule has 0 saturated carbocycles. The minimum atomic E-state index is -0.758. The van der Waals surface area contributed by atoms with Crippen LogP contribution < -0.4 is 10.2 Å². The smallest absolute Gasteiger partial charge is 0.341 e. The minimum Gasteiger partial charge on any atom is -0.466 e. The third-order valence-electron chi connectivity index (χ3n) is 4.22. The maximum atomic E-state index is 12.1. The van der Waals surface area contributed by atoms with Crippen molar-refractivity contribution in [1.82, 2.24) is 4.98 Å². The molecule has 0 amide bonds. The Bertz CT molecular complexity index is 1230. The van der Waals surface area contributed by atoms with E-state index >= 15 is 0 Å². The first kappa shape index (κ1) is 24.3. The summed E-state index contributed by atoms with van der Waals surface area (Å²) < 4.78 is 15.4. The number of aromatic nitrogens is 1. The van der Waals surface area contributed by atoms with E-state index in [-0.39, 0.29) is 29.4 Å². The number of non-ortho nitro benzene ring substituents is 1.